The second-order valence-corrected chi connectivity index (χ2v) is 4.41. The summed E-state index contributed by atoms with van der Waals surface area (Å²) in [5.74, 6) is -0.950. The molecule has 2 rings (SSSR count). The van der Waals surface area contributed by atoms with E-state index in [1.54, 1.807) is 4.90 Å². The minimum absolute atomic E-state index is 0.0261. The highest BCUT2D eigenvalue weighted by Crippen LogP contribution is 2.28. The Morgan fingerprint density at radius 1 is 1.44 bits per heavy atom. The van der Waals surface area contributed by atoms with E-state index in [4.69, 9.17) is 10.8 Å². The van der Waals surface area contributed by atoms with E-state index >= 15 is 0 Å². The average Bonchev–Trinajstić information content (AvgIpc) is 2.73. The molecule has 1 unspecified atom stereocenters. The number of rotatable bonds is 4. The third-order valence-electron chi connectivity index (χ3n) is 3.19. The van der Waals surface area contributed by atoms with Crippen LogP contribution in [0.25, 0.3) is 0 Å². The number of nitrogens with two attached hydrogens (primary N) is 1. The SMILES string of the molecule is NC(=O)C1CC(=O)N(c2ccccc2CCO)C1. The number of aliphatic hydroxyl groups excluding tert-OH is 1. The van der Waals surface area contributed by atoms with Crippen molar-refractivity contribution in [3.63, 3.8) is 0 Å². The van der Waals surface area contributed by atoms with Gasteiger partial charge < -0.3 is 15.7 Å². The monoisotopic (exact) mass is 248 g/mol. The molecule has 0 saturated carbocycles. The van der Waals surface area contributed by atoms with Crippen LogP contribution in [0.5, 0.6) is 0 Å². The van der Waals surface area contributed by atoms with Gasteiger partial charge in [0.25, 0.3) is 0 Å². The fourth-order valence-electron chi connectivity index (χ4n) is 2.24. The van der Waals surface area contributed by atoms with Crippen LogP contribution in [0.2, 0.25) is 0 Å². The predicted octanol–water partition coefficient (Wildman–Crippen LogP) is 0.0596. The van der Waals surface area contributed by atoms with Crippen molar-refractivity contribution >= 4 is 17.5 Å². The van der Waals surface area contributed by atoms with E-state index in [9.17, 15) is 9.59 Å². The number of carbonyl (C=O) groups is 2. The summed E-state index contributed by atoms with van der Waals surface area (Å²) < 4.78 is 0. The molecule has 1 aliphatic rings. The van der Waals surface area contributed by atoms with Crippen LogP contribution in [-0.4, -0.2) is 30.1 Å². The van der Waals surface area contributed by atoms with Crippen molar-refractivity contribution in [3.8, 4) is 0 Å². The van der Waals surface area contributed by atoms with E-state index in [0.717, 1.165) is 11.3 Å². The summed E-state index contributed by atoms with van der Waals surface area (Å²) in [6.07, 6.45) is 0.657. The minimum Gasteiger partial charge on any atom is -0.396 e. The van der Waals surface area contributed by atoms with E-state index in [-0.39, 0.29) is 18.9 Å². The fourth-order valence-corrected chi connectivity index (χ4v) is 2.24. The van der Waals surface area contributed by atoms with Gasteiger partial charge in [0.05, 0.1) is 5.92 Å². The molecule has 1 saturated heterocycles. The number of aliphatic hydroxyl groups is 1. The molecular formula is C13H16N2O3. The van der Waals surface area contributed by atoms with Crippen LogP contribution in [0.1, 0.15) is 12.0 Å². The number of para-hydroxylation sites is 1. The lowest BCUT2D eigenvalue weighted by Crippen LogP contribution is -2.29. The van der Waals surface area contributed by atoms with Crippen LogP contribution in [0.15, 0.2) is 24.3 Å². The number of hydrogen-bond donors (Lipinski definition) is 2. The first kappa shape index (κ1) is 12.6. The van der Waals surface area contributed by atoms with Crippen molar-refractivity contribution in [1.82, 2.24) is 0 Å². The van der Waals surface area contributed by atoms with Gasteiger partial charge in [-0.1, -0.05) is 18.2 Å². The van der Waals surface area contributed by atoms with Gasteiger partial charge in [-0.25, -0.2) is 0 Å². The molecule has 3 N–H and O–H groups in total. The number of primary amides is 1. The molecule has 0 aliphatic carbocycles. The lowest BCUT2D eigenvalue weighted by atomic mass is 10.1. The largest absolute Gasteiger partial charge is 0.396 e. The van der Waals surface area contributed by atoms with Crippen molar-refractivity contribution in [3.05, 3.63) is 29.8 Å². The van der Waals surface area contributed by atoms with Crippen LogP contribution in [-0.2, 0) is 16.0 Å². The van der Waals surface area contributed by atoms with Crippen molar-refractivity contribution in [2.24, 2.45) is 11.7 Å². The number of benzene rings is 1. The molecule has 0 spiro atoms. The van der Waals surface area contributed by atoms with Gasteiger partial charge in [0.2, 0.25) is 11.8 Å². The number of carbonyl (C=O) groups excluding carboxylic acids is 2. The predicted molar refractivity (Wildman–Crippen MR) is 66.9 cm³/mol. The summed E-state index contributed by atoms with van der Waals surface area (Å²) in [6, 6.07) is 7.39. The first-order chi connectivity index (χ1) is 8.63. The molecule has 0 bridgehead atoms. The smallest absolute Gasteiger partial charge is 0.227 e. The standard InChI is InChI=1S/C13H16N2O3/c14-13(18)10-7-12(17)15(8-10)11-4-2-1-3-9(11)5-6-16/h1-4,10,16H,5-8H2,(H2,14,18). The van der Waals surface area contributed by atoms with Crippen LogP contribution >= 0.6 is 0 Å². The molecule has 1 atom stereocenters. The molecular weight excluding hydrogens is 232 g/mol. The Kier molecular flexibility index (Phi) is 3.62. The van der Waals surface area contributed by atoms with Gasteiger partial charge in [-0.3, -0.25) is 9.59 Å². The first-order valence-electron chi connectivity index (χ1n) is 5.92. The van der Waals surface area contributed by atoms with Crippen LogP contribution in [0.3, 0.4) is 0 Å². The van der Waals surface area contributed by atoms with Crippen LogP contribution < -0.4 is 10.6 Å². The summed E-state index contributed by atoms with van der Waals surface area (Å²) in [6.45, 7) is 0.356. The first-order valence-corrected chi connectivity index (χ1v) is 5.92. The Labute approximate surface area is 105 Å². The van der Waals surface area contributed by atoms with Gasteiger partial charge in [0.1, 0.15) is 0 Å². The highest BCUT2D eigenvalue weighted by Gasteiger charge is 2.34. The zero-order valence-corrected chi connectivity index (χ0v) is 10.0. The Morgan fingerprint density at radius 3 is 2.78 bits per heavy atom. The van der Waals surface area contributed by atoms with Crippen molar-refractivity contribution in [1.29, 1.82) is 0 Å². The van der Waals surface area contributed by atoms with Gasteiger partial charge in [0, 0.05) is 25.3 Å². The molecule has 96 valence electrons. The van der Waals surface area contributed by atoms with Gasteiger partial charge in [0.15, 0.2) is 0 Å². The quantitative estimate of drug-likeness (QED) is 0.790. The van der Waals surface area contributed by atoms with Gasteiger partial charge in [-0.05, 0) is 18.1 Å². The summed E-state index contributed by atoms with van der Waals surface area (Å²) in [5.41, 5.74) is 6.90. The summed E-state index contributed by atoms with van der Waals surface area (Å²) in [4.78, 5) is 24.6. The maximum atomic E-state index is 11.9. The third kappa shape index (κ3) is 2.36. The van der Waals surface area contributed by atoms with E-state index in [2.05, 4.69) is 0 Å². The Hall–Kier alpha value is -1.88. The van der Waals surface area contributed by atoms with Gasteiger partial charge in [-0.2, -0.15) is 0 Å². The van der Waals surface area contributed by atoms with Crippen LogP contribution in [0.4, 0.5) is 5.69 Å². The molecule has 0 aromatic heterocycles. The molecule has 1 aromatic rings. The Balaban J connectivity index is 2.26. The maximum Gasteiger partial charge on any atom is 0.227 e. The molecule has 18 heavy (non-hydrogen) atoms. The molecule has 1 aromatic carbocycles. The summed E-state index contributed by atoms with van der Waals surface area (Å²) >= 11 is 0. The Bertz CT molecular complexity index is 473. The van der Waals surface area contributed by atoms with E-state index in [1.807, 2.05) is 24.3 Å². The number of amides is 2. The molecule has 5 heteroatoms. The van der Waals surface area contributed by atoms with E-state index in [1.165, 1.54) is 0 Å². The van der Waals surface area contributed by atoms with Gasteiger partial charge in [-0.15, -0.1) is 0 Å². The van der Waals surface area contributed by atoms with E-state index in [0.29, 0.717) is 13.0 Å². The van der Waals surface area contributed by atoms with Crippen molar-refractivity contribution < 1.29 is 14.7 Å². The zero-order chi connectivity index (χ0) is 13.1. The normalized spacial score (nSPS) is 19.3. The van der Waals surface area contributed by atoms with Crippen LogP contribution in [0, 0.1) is 5.92 Å². The molecule has 1 fully saturated rings. The zero-order valence-electron chi connectivity index (χ0n) is 10.0. The topological polar surface area (TPSA) is 83.6 Å². The summed E-state index contributed by atoms with van der Waals surface area (Å²) in [5, 5.41) is 9.02. The average molecular weight is 248 g/mol. The highest BCUT2D eigenvalue weighted by molar-refractivity contribution is 6.00. The lowest BCUT2D eigenvalue weighted by molar-refractivity contribution is -0.123. The highest BCUT2D eigenvalue weighted by atomic mass is 16.3. The third-order valence-corrected chi connectivity index (χ3v) is 3.19. The van der Waals surface area contributed by atoms with Crippen molar-refractivity contribution in [2.45, 2.75) is 12.8 Å². The fraction of sp³-hybridized carbons (Fsp3) is 0.385. The molecule has 0 radical (unpaired) electrons. The Morgan fingerprint density at radius 2 is 2.17 bits per heavy atom. The maximum absolute atomic E-state index is 11.9. The van der Waals surface area contributed by atoms with Gasteiger partial charge >= 0.3 is 0 Å². The second-order valence-electron chi connectivity index (χ2n) is 4.41. The molecule has 1 aliphatic heterocycles. The second kappa shape index (κ2) is 5.18. The number of nitrogens with zero attached hydrogens (tertiary/aromatic N) is 1. The minimum atomic E-state index is -0.439. The number of anilines is 1. The summed E-state index contributed by atoms with van der Waals surface area (Å²) in [7, 11) is 0. The number of hydrogen-bond acceptors (Lipinski definition) is 3. The van der Waals surface area contributed by atoms with Crippen molar-refractivity contribution in [2.75, 3.05) is 18.1 Å². The molecule has 1 heterocycles. The molecule has 5 nitrogen and oxygen atoms in total. The lowest BCUT2D eigenvalue weighted by Gasteiger charge is -2.19. The molecule has 2 amide bonds. The van der Waals surface area contributed by atoms with E-state index < -0.39 is 11.8 Å².